The number of hydrogen-bond donors (Lipinski definition) is 0. The van der Waals surface area contributed by atoms with E-state index in [0.29, 0.717) is 6.61 Å². The maximum absolute atomic E-state index is 13.2. The number of thioether (sulfide) groups is 1. The first-order valence-corrected chi connectivity index (χ1v) is 10.0. The molecule has 0 aliphatic heterocycles. The number of rotatable bonds is 9. The Morgan fingerprint density at radius 2 is 1.93 bits per heavy atom. The van der Waals surface area contributed by atoms with Crippen LogP contribution in [0.3, 0.4) is 0 Å². The van der Waals surface area contributed by atoms with Gasteiger partial charge in [0.1, 0.15) is 11.6 Å². The van der Waals surface area contributed by atoms with Gasteiger partial charge in [-0.1, -0.05) is 24.3 Å². The highest BCUT2D eigenvalue weighted by Gasteiger charge is 2.27. The molecule has 0 radical (unpaired) electrons. The zero-order valence-electron chi connectivity index (χ0n) is 15.8. The van der Waals surface area contributed by atoms with Gasteiger partial charge in [0, 0.05) is 28.6 Å². The van der Waals surface area contributed by atoms with E-state index in [9.17, 15) is 4.39 Å². The minimum Gasteiger partial charge on any atom is -0.493 e. The van der Waals surface area contributed by atoms with Gasteiger partial charge in [-0.05, 0) is 56.5 Å². The molecule has 0 N–H and O–H groups in total. The lowest BCUT2D eigenvalue weighted by Gasteiger charge is -2.30. The SMILES string of the molecule is CCOc1ccccc1SC(C)(CCc1ccc(F)cc1)Cn1ccnc1. The number of imidazole rings is 1. The molecule has 0 fully saturated rings. The van der Waals surface area contributed by atoms with Crippen LogP contribution in [0.15, 0.2) is 72.1 Å². The molecule has 0 aliphatic rings. The van der Waals surface area contributed by atoms with E-state index in [1.54, 1.807) is 6.20 Å². The molecule has 0 aliphatic carbocycles. The van der Waals surface area contributed by atoms with Crippen LogP contribution in [0.2, 0.25) is 0 Å². The Kier molecular flexibility index (Phi) is 6.56. The first kappa shape index (κ1) is 19.5. The van der Waals surface area contributed by atoms with Crippen LogP contribution in [0.5, 0.6) is 5.75 Å². The van der Waals surface area contributed by atoms with Crippen LogP contribution in [0, 0.1) is 5.82 Å². The highest BCUT2D eigenvalue weighted by Crippen LogP contribution is 2.42. The van der Waals surface area contributed by atoms with Crippen molar-refractivity contribution in [3.8, 4) is 5.75 Å². The van der Waals surface area contributed by atoms with Crippen molar-refractivity contribution in [2.24, 2.45) is 0 Å². The van der Waals surface area contributed by atoms with Gasteiger partial charge in [0.2, 0.25) is 0 Å². The normalized spacial score (nSPS) is 13.3. The number of halogens is 1. The van der Waals surface area contributed by atoms with Crippen molar-refractivity contribution < 1.29 is 9.13 Å². The molecule has 0 saturated heterocycles. The molecule has 0 spiro atoms. The third kappa shape index (κ3) is 5.60. The second-order valence-corrected chi connectivity index (χ2v) is 8.42. The number of ether oxygens (including phenoxy) is 1. The van der Waals surface area contributed by atoms with Crippen LogP contribution >= 0.6 is 11.8 Å². The molecule has 0 amide bonds. The largest absolute Gasteiger partial charge is 0.493 e. The molecule has 1 unspecified atom stereocenters. The Morgan fingerprint density at radius 3 is 2.63 bits per heavy atom. The van der Waals surface area contributed by atoms with Crippen LogP contribution in [0.25, 0.3) is 0 Å². The van der Waals surface area contributed by atoms with Gasteiger partial charge in [0.15, 0.2) is 0 Å². The minimum atomic E-state index is -0.194. The summed E-state index contributed by atoms with van der Waals surface area (Å²) in [5.74, 6) is 0.726. The van der Waals surface area contributed by atoms with Gasteiger partial charge in [0.25, 0.3) is 0 Å². The predicted octanol–water partition coefficient (Wildman–Crippen LogP) is 5.60. The van der Waals surface area contributed by atoms with Crippen molar-refractivity contribution in [3.63, 3.8) is 0 Å². The first-order chi connectivity index (χ1) is 13.1. The monoisotopic (exact) mass is 384 g/mol. The van der Waals surface area contributed by atoms with Crippen LogP contribution in [0.1, 0.15) is 25.8 Å². The molecule has 2 aromatic carbocycles. The number of hydrogen-bond acceptors (Lipinski definition) is 3. The maximum atomic E-state index is 13.2. The lowest BCUT2D eigenvalue weighted by Crippen LogP contribution is -2.27. The molecule has 5 heteroatoms. The van der Waals surface area contributed by atoms with Gasteiger partial charge in [-0.15, -0.1) is 11.8 Å². The standard InChI is InChI=1S/C22H25FN2OS/c1-3-26-20-6-4-5-7-21(20)27-22(2,16-25-15-14-24-17-25)13-12-18-8-10-19(23)11-9-18/h4-11,14-15,17H,3,12-13,16H2,1-2H3. The van der Waals surface area contributed by atoms with Crippen molar-refractivity contribution >= 4 is 11.8 Å². The number of para-hydroxylation sites is 1. The van der Waals surface area contributed by atoms with E-state index < -0.39 is 0 Å². The van der Waals surface area contributed by atoms with Gasteiger partial charge < -0.3 is 9.30 Å². The molecule has 3 rings (SSSR count). The Balaban J connectivity index is 1.80. The Bertz CT molecular complexity index is 836. The van der Waals surface area contributed by atoms with E-state index in [4.69, 9.17) is 4.74 Å². The van der Waals surface area contributed by atoms with Crippen molar-refractivity contribution in [3.05, 3.63) is 78.6 Å². The molecule has 0 saturated carbocycles. The molecule has 27 heavy (non-hydrogen) atoms. The number of benzene rings is 2. The van der Waals surface area contributed by atoms with Crippen LogP contribution < -0.4 is 4.74 Å². The highest BCUT2D eigenvalue weighted by molar-refractivity contribution is 8.00. The lowest BCUT2D eigenvalue weighted by atomic mass is 10.00. The summed E-state index contributed by atoms with van der Waals surface area (Å²) < 4.78 is 21.0. The molecule has 1 heterocycles. The van der Waals surface area contributed by atoms with E-state index in [0.717, 1.165) is 35.6 Å². The minimum absolute atomic E-state index is 0.0672. The summed E-state index contributed by atoms with van der Waals surface area (Å²) in [6, 6.07) is 15.0. The van der Waals surface area contributed by atoms with Crippen molar-refractivity contribution in [2.75, 3.05) is 6.61 Å². The van der Waals surface area contributed by atoms with Gasteiger partial charge in [-0.3, -0.25) is 0 Å². The number of aryl methyl sites for hydroxylation is 1. The summed E-state index contributed by atoms with van der Waals surface area (Å²) >= 11 is 1.83. The smallest absolute Gasteiger partial charge is 0.132 e. The average Bonchev–Trinajstić information content (AvgIpc) is 3.16. The van der Waals surface area contributed by atoms with Crippen LogP contribution in [-0.4, -0.2) is 20.9 Å². The van der Waals surface area contributed by atoms with Crippen molar-refractivity contribution in [1.82, 2.24) is 9.55 Å². The predicted molar refractivity (Wildman–Crippen MR) is 109 cm³/mol. The summed E-state index contributed by atoms with van der Waals surface area (Å²) in [7, 11) is 0. The zero-order chi connectivity index (χ0) is 19.1. The summed E-state index contributed by atoms with van der Waals surface area (Å²) in [4.78, 5) is 5.32. The second-order valence-electron chi connectivity index (χ2n) is 6.79. The topological polar surface area (TPSA) is 27.1 Å². The third-order valence-corrected chi connectivity index (χ3v) is 5.82. The molecular weight excluding hydrogens is 359 g/mol. The van der Waals surface area contributed by atoms with Crippen molar-refractivity contribution in [1.29, 1.82) is 0 Å². The summed E-state index contributed by atoms with van der Waals surface area (Å²) in [5.41, 5.74) is 1.15. The van der Waals surface area contributed by atoms with Crippen molar-refractivity contribution in [2.45, 2.75) is 42.9 Å². The van der Waals surface area contributed by atoms with Gasteiger partial charge >= 0.3 is 0 Å². The average molecular weight is 385 g/mol. The summed E-state index contributed by atoms with van der Waals surface area (Å²) in [6.45, 7) is 5.75. The highest BCUT2D eigenvalue weighted by atomic mass is 32.2. The third-order valence-electron chi connectivity index (χ3n) is 4.44. The fourth-order valence-electron chi connectivity index (χ4n) is 3.06. The summed E-state index contributed by atoms with van der Waals surface area (Å²) in [5, 5.41) is 0. The van der Waals surface area contributed by atoms with Crippen LogP contribution in [-0.2, 0) is 13.0 Å². The van der Waals surface area contributed by atoms with Gasteiger partial charge in [-0.2, -0.15) is 0 Å². The van der Waals surface area contributed by atoms with Gasteiger partial charge in [-0.25, -0.2) is 9.37 Å². The van der Waals surface area contributed by atoms with E-state index in [1.165, 1.54) is 12.1 Å². The van der Waals surface area contributed by atoms with E-state index in [2.05, 4.69) is 22.5 Å². The molecule has 0 bridgehead atoms. The quantitative estimate of drug-likeness (QED) is 0.449. The summed E-state index contributed by atoms with van der Waals surface area (Å²) in [6.07, 6.45) is 7.48. The van der Waals surface area contributed by atoms with E-state index in [1.807, 2.05) is 61.5 Å². The van der Waals surface area contributed by atoms with E-state index >= 15 is 0 Å². The molecular formula is C22H25FN2OS. The molecule has 1 aromatic heterocycles. The Labute approximate surface area is 164 Å². The van der Waals surface area contributed by atoms with Crippen LogP contribution in [0.4, 0.5) is 4.39 Å². The number of aromatic nitrogens is 2. The Hall–Kier alpha value is -2.27. The zero-order valence-corrected chi connectivity index (χ0v) is 16.6. The molecule has 3 nitrogen and oxygen atoms in total. The fourth-order valence-corrected chi connectivity index (χ4v) is 4.39. The lowest BCUT2D eigenvalue weighted by molar-refractivity contribution is 0.332. The molecule has 1 atom stereocenters. The molecule has 3 aromatic rings. The maximum Gasteiger partial charge on any atom is 0.132 e. The Morgan fingerprint density at radius 1 is 1.15 bits per heavy atom. The molecule has 142 valence electrons. The first-order valence-electron chi connectivity index (χ1n) is 9.19. The second kappa shape index (κ2) is 9.09. The van der Waals surface area contributed by atoms with Gasteiger partial charge in [0.05, 0.1) is 12.9 Å². The number of nitrogens with zero attached hydrogens (tertiary/aromatic N) is 2. The van der Waals surface area contributed by atoms with E-state index in [-0.39, 0.29) is 10.6 Å². The fraction of sp³-hybridized carbons (Fsp3) is 0.318.